The van der Waals surface area contributed by atoms with Gasteiger partial charge in [-0.25, -0.2) is 18.7 Å². The Hall–Kier alpha value is -3.35. The van der Waals surface area contributed by atoms with E-state index in [1.165, 1.54) is 13.0 Å². The minimum atomic E-state index is -0.834. The molecular formula is C24H26F2N4O. The Morgan fingerprint density at radius 2 is 2.06 bits per heavy atom. The quantitative estimate of drug-likeness (QED) is 0.502. The van der Waals surface area contributed by atoms with E-state index in [0.29, 0.717) is 28.7 Å². The Labute approximate surface area is 181 Å². The van der Waals surface area contributed by atoms with Crippen molar-refractivity contribution in [2.45, 2.75) is 46.1 Å². The molecule has 2 N–H and O–H groups in total. The molecule has 7 heteroatoms. The lowest BCUT2D eigenvalue weighted by Crippen LogP contribution is -2.13. The highest BCUT2D eigenvalue weighted by atomic mass is 19.1. The van der Waals surface area contributed by atoms with Crippen LogP contribution >= 0.6 is 0 Å². The zero-order valence-corrected chi connectivity index (χ0v) is 17.9. The highest BCUT2D eigenvalue weighted by Crippen LogP contribution is 2.34. The van der Waals surface area contributed by atoms with Crippen molar-refractivity contribution < 1.29 is 13.6 Å². The average Bonchev–Trinajstić information content (AvgIpc) is 3.16. The number of pyridine rings is 2. The summed E-state index contributed by atoms with van der Waals surface area (Å²) in [5.41, 5.74) is 2.04. The Morgan fingerprint density at radius 3 is 2.65 bits per heavy atom. The summed E-state index contributed by atoms with van der Waals surface area (Å²) in [6.45, 7) is 9.31. The lowest BCUT2D eigenvalue weighted by Gasteiger charge is -2.15. The normalized spacial score (nSPS) is 14.3. The second kappa shape index (κ2) is 9.64. The van der Waals surface area contributed by atoms with Crippen LogP contribution in [0.4, 0.5) is 20.3 Å². The van der Waals surface area contributed by atoms with E-state index in [0.717, 1.165) is 30.6 Å². The van der Waals surface area contributed by atoms with Crippen molar-refractivity contribution in [3.63, 3.8) is 0 Å². The molecule has 0 spiro atoms. The number of anilines is 2. The molecule has 1 aliphatic heterocycles. The molecule has 0 radical (unpaired) electrons. The Balaban J connectivity index is 2.06. The van der Waals surface area contributed by atoms with E-state index in [1.54, 1.807) is 0 Å². The Morgan fingerprint density at radius 1 is 1.32 bits per heavy atom. The van der Waals surface area contributed by atoms with Crippen molar-refractivity contribution in [1.82, 2.24) is 15.3 Å². The molecule has 162 valence electrons. The average molecular weight is 424 g/mol. The number of carbonyl (C=O) groups is 1. The van der Waals surface area contributed by atoms with Crippen LogP contribution in [0, 0.1) is 0 Å². The van der Waals surface area contributed by atoms with Crippen LogP contribution in [0.3, 0.4) is 0 Å². The molecule has 31 heavy (non-hydrogen) atoms. The SMILES string of the molecule is C=C/C(F)=C(\C(F)=C/C)c1cc(Nc2ccc(C(CC)CC)cn2)c2c(n1)CNC2=O. The highest BCUT2D eigenvalue weighted by Gasteiger charge is 2.27. The standard InChI is InChI=1S/C24H26F2N4O/c1-5-14(6-2)15-9-10-21(27-12-15)30-19-11-18(22(16(25)7-3)17(26)8-4)29-20-13-28-24(31)23(19)20/h7-12,14H,3,5-6,13H2,1-2,4H3,(H,28,31)(H,27,29,30)/b17-8+,22-16-. The van der Waals surface area contributed by atoms with Gasteiger partial charge in [-0.3, -0.25) is 4.79 Å². The maximum Gasteiger partial charge on any atom is 0.255 e. The lowest BCUT2D eigenvalue weighted by atomic mass is 9.96. The Bertz CT molecular complexity index is 1050. The number of hydrogen-bond acceptors (Lipinski definition) is 4. The molecule has 2 aromatic rings. The number of fused-ring (bicyclic) bond motifs is 1. The van der Waals surface area contributed by atoms with E-state index in [4.69, 9.17) is 0 Å². The molecule has 1 aliphatic rings. The first kappa shape index (κ1) is 22.3. The van der Waals surface area contributed by atoms with Crippen LogP contribution in [0.1, 0.15) is 66.8 Å². The third-order valence-electron chi connectivity index (χ3n) is 5.41. The summed E-state index contributed by atoms with van der Waals surface area (Å²) in [4.78, 5) is 21.2. The number of rotatable bonds is 8. The van der Waals surface area contributed by atoms with E-state index >= 15 is 0 Å². The maximum atomic E-state index is 14.5. The molecular weight excluding hydrogens is 398 g/mol. The first-order valence-electron chi connectivity index (χ1n) is 10.3. The largest absolute Gasteiger partial charge is 0.346 e. The van der Waals surface area contributed by atoms with Gasteiger partial charge in [-0.1, -0.05) is 32.6 Å². The van der Waals surface area contributed by atoms with Gasteiger partial charge in [0.2, 0.25) is 0 Å². The number of allylic oxidation sites excluding steroid dienone is 5. The lowest BCUT2D eigenvalue weighted by molar-refractivity contribution is 0.0966. The molecule has 1 amide bonds. The third kappa shape index (κ3) is 4.55. The topological polar surface area (TPSA) is 66.9 Å². The zero-order valence-electron chi connectivity index (χ0n) is 17.9. The smallest absolute Gasteiger partial charge is 0.255 e. The monoisotopic (exact) mass is 424 g/mol. The number of halogens is 2. The van der Waals surface area contributed by atoms with Gasteiger partial charge < -0.3 is 10.6 Å². The molecule has 2 aromatic heterocycles. The summed E-state index contributed by atoms with van der Waals surface area (Å²) in [6.07, 6.45) is 5.94. The fraction of sp³-hybridized carbons (Fsp3) is 0.292. The second-order valence-electron chi connectivity index (χ2n) is 7.24. The maximum absolute atomic E-state index is 14.5. The van der Waals surface area contributed by atoms with Crippen LogP contribution in [0.25, 0.3) is 5.57 Å². The molecule has 0 aromatic carbocycles. The molecule has 0 unspecified atom stereocenters. The molecule has 3 heterocycles. The molecule has 0 aliphatic carbocycles. The van der Waals surface area contributed by atoms with Crippen molar-refractivity contribution >= 4 is 23.0 Å². The van der Waals surface area contributed by atoms with E-state index < -0.39 is 11.7 Å². The number of nitrogens with zero attached hydrogens (tertiary/aromatic N) is 2. The third-order valence-corrected chi connectivity index (χ3v) is 5.41. The van der Waals surface area contributed by atoms with Crippen LogP contribution in [0.5, 0.6) is 0 Å². The first-order valence-corrected chi connectivity index (χ1v) is 10.3. The van der Waals surface area contributed by atoms with Gasteiger partial charge >= 0.3 is 0 Å². The predicted octanol–water partition coefficient (Wildman–Crippen LogP) is 6.11. The number of aromatic nitrogens is 2. The summed E-state index contributed by atoms with van der Waals surface area (Å²) in [5, 5.41) is 5.82. The number of hydrogen-bond donors (Lipinski definition) is 2. The van der Waals surface area contributed by atoms with Gasteiger partial charge in [0.25, 0.3) is 5.91 Å². The van der Waals surface area contributed by atoms with Crippen molar-refractivity contribution in [2.24, 2.45) is 0 Å². The number of amides is 1. The summed E-state index contributed by atoms with van der Waals surface area (Å²) in [7, 11) is 0. The van der Waals surface area contributed by atoms with Gasteiger partial charge in [0.1, 0.15) is 17.5 Å². The fourth-order valence-corrected chi connectivity index (χ4v) is 3.68. The molecule has 5 nitrogen and oxygen atoms in total. The van der Waals surface area contributed by atoms with Crippen LogP contribution in [-0.2, 0) is 6.54 Å². The van der Waals surface area contributed by atoms with Crippen molar-refractivity contribution in [3.05, 3.63) is 77.3 Å². The summed E-state index contributed by atoms with van der Waals surface area (Å²) in [6, 6.07) is 5.29. The van der Waals surface area contributed by atoms with Crippen LogP contribution in [0.2, 0.25) is 0 Å². The van der Waals surface area contributed by atoms with Gasteiger partial charge in [-0.05, 0) is 49.5 Å². The minimum absolute atomic E-state index is 0.0689. The minimum Gasteiger partial charge on any atom is -0.346 e. The summed E-state index contributed by atoms with van der Waals surface area (Å²) < 4.78 is 28.9. The van der Waals surface area contributed by atoms with Crippen LogP contribution in [0.15, 0.2) is 54.8 Å². The molecule has 0 saturated carbocycles. The van der Waals surface area contributed by atoms with Gasteiger partial charge in [-0.15, -0.1) is 0 Å². The zero-order chi connectivity index (χ0) is 22.5. The fourth-order valence-electron chi connectivity index (χ4n) is 3.68. The van der Waals surface area contributed by atoms with E-state index in [-0.39, 0.29) is 23.7 Å². The molecule has 0 saturated heterocycles. The summed E-state index contributed by atoms with van der Waals surface area (Å²) >= 11 is 0. The Kier molecular flexibility index (Phi) is 6.95. The summed E-state index contributed by atoms with van der Waals surface area (Å²) in [5.74, 6) is -0.941. The van der Waals surface area contributed by atoms with Gasteiger partial charge in [0.05, 0.1) is 34.8 Å². The van der Waals surface area contributed by atoms with Crippen LogP contribution < -0.4 is 10.6 Å². The molecule has 3 rings (SSSR count). The molecule has 0 atom stereocenters. The number of carbonyl (C=O) groups excluding carboxylic acids is 1. The molecule has 0 fully saturated rings. The van der Waals surface area contributed by atoms with E-state index in [1.807, 2.05) is 18.3 Å². The van der Waals surface area contributed by atoms with Crippen LogP contribution in [-0.4, -0.2) is 15.9 Å². The van der Waals surface area contributed by atoms with Crippen molar-refractivity contribution in [2.75, 3.05) is 5.32 Å². The second-order valence-corrected chi connectivity index (χ2v) is 7.24. The van der Waals surface area contributed by atoms with Crippen molar-refractivity contribution in [1.29, 1.82) is 0 Å². The predicted molar refractivity (Wildman–Crippen MR) is 119 cm³/mol. The number of nitrogens with one attached hydrogen (secondary N) is 2. The van der Waals surface area contributed by atoms with Gasteiger partial charge in [-0.2, -0.15) is 0 Å². The van der Waals surface area contributed by atoms with Gasteiger partial charge in [0.15, 0.2) is 0 Å². The van der Waals surface area contributed by atoms with Gasteiger partial charge in [0, 0.05) is 6.20 Å². The first-order chi connectivity index (χ1) is 14.9. The van der Waals surface area contributed by atoms with Crippen molar-refractivity contribution in [3.8, 4) is 0 Å². The molecule has 0 bridgehead atoms. The van der Waals surface area contributed by atoms with E-state index in [2.05, 4.69) is 41.0 Å². The highest BCUT2D eigenvalue weighted by molar-refractivity contribution is 6.04. The van der Waals surface area contributed by atoms with E-state index in [9.17, 15) is 13.6 Å².